The molecule has 0 fully saturated rings. The molecule has 0 saturated heterocycles. The number of nitrogens with one attached hydrogen (secondary N) is 2. The van der Waals surface area contributed by atoms with Gasteiger partial charge in [-0.3, -0.25) is 18.4 Å². The van der Waals surface area contributed by atoms with Crippen LogP contribution < -0.4 is 33.2 Å². The molecular weight excluding hydrogens is 791 g/mol. The summed E-state index contributed by atoms with van der Waals surface area (Å²) in [6.07, 6.45) is 6.13. The topological polar surface area (TPSA) is 179 Å². The highest BCUT2D eigenvalue weighted by molar-refractivity contribution is 5.79. The van der Waals surface area contributed by atoms with Gasteiger partial charge in [0.05, 0.1) is 36.4 Å². The lowest BCUT2D eigenvalue weighted by atomic mass is 9.94. The number of nitrogens with zero attached hydrogens (tertiary/aromatic N) is 8. The summed E-state index contributed by atoms with van der Waals surface area (Å²) in [6, 6.07) is 27.2. The largest absolute Gasteiger partial charge is 0.392 e. The molecule has 16 heteroatoms. The third-order valence-corrected chi connectivity index (χ3v) is 10.2. The number of pyridine rings is 4. The molecular formula is C46H38F2N12O2. The Bertz CT molecular complexity index is 2930. The summed E-state index contributed by atoms with van der Waals surface area (Å²) in [7, 11) is 0. The van der Waals surface area contributed by atoms with Gasteiger partial charge in [-0.1, -0.05) is 74.5 Å². The van der Waals surface area contributed by atoms with Crippen LogP contribution in [0.3, 0.4) is 0 Å². The fourth-order valence-electron chi connectivity index (χ4n) is 7.20. The fourth-order valence-corrected chi connectivity index (χ4v) is 7.20. The van der Waals surface area contributed by atoms with E-state index in [-0.39, 0.29) is 46.2 Å². The van der Waals surface area contributed by atoms with Crippen LogP contribution in [0.25, 0.3) is 43.0 Å². The number of benzene rings is 2. The molecule has 0 aliphatic heterocycles. The number of nitrogens with two attached hydrogens (primary N) is 2. The molecule has 8 aromatic rings. The molecule has 0 unspecified atom stereocenters. The van der Waals surface area contributed by atoms with Crippen molar-refractivity contribution in [3.63, 3.8) is 0 Å². The molecule has 0 radical (unpaired) electrons. The number of hydrogen-bond acceptors (Lipinski definition) is 10. The third-order valence-electron chi connectivity index (χ3n) is 10.2. The number of nitrogen functional groups attached to an aromatic ring is 2. The number of halogens is 2. The zero-order valence-electron chi connectivity index (χ0n) is 33.4. The van der Waals surface area contributed by atoms with E-state index in [1.54, 1.807) is 12.1 Å². The minimum absolute atomic E-state index is 0.0830. The van der Waals surface area contributed by atoms with E-state index in [4.69, 9.17) is 24.6 Å². The Balaban J connectivity index is 0.000000186. The number of fused-ring (bicyclic) bond motifs is 2. The van der Waals surface area contributed by atoms with Gasteiger partial charge < -0.3 is 22.1 Å². The molecule has 0 aliphatic carbocycles. The summed E-state index contributed by atoms with van der Waals surface area (Å²) < 4.78 is 30.3. The molecule has 2 atom stereocenters. The van der Waals surface area contributed by atoms with Crippen molar-refractivity contribution in [2.24, 2.45) is 0 Å². The smallest absolute Gasteiger partial charge is 0.268 e. The molecule has 6 aromatic heterocycles. The molecule has 62 heavy (non-hydrogen) atoms. The highest BCUT2D eigenvalue weighted by Gasteiger charge is 2.24. The first-order valence-corrected chi connectivity index (χ1v) is 19.4. The van der Waals surface area contributed by atoms with Crippen molar-refractivity contribution in [2.75, 3.05) is 22.1 Å². The van der Waals surface area contributed by atoms with E-state index >= 15 is 0 Å². The van der Waals surface area contributed by atoms with Gasteiger partial charge in [0.15, 0.2) is 0 Å². The van der Waals surface area contributed by atoms with Gasteiger partial charge in [0.2, 0.25) is 0 Å². The zero-order chi connectivity index (χ0) is 43.9. The summed E-state index contributed by atoms with van der Waals surface area (Å²) in [5.74, 6) is -0.228. The predicted molar refractivity (Wildman–Crippen MR) is 237 cm³/mol. The Labute approximate surface area is 353 Å². The second kappa shape index (κ2) is 18.2. The van der Waals surface area contributed by atoms with Gasteiger partial charge in [0, 0.05) is 23.4 Å². The first-order chi connectivity index (χ1) is 30.1. The highest BCUT2D eigenvalue weighted by Crippen LogP contribution is 2.36. The van der Waals surface area contributed by atoms with Gasteiger partial charge in [0.1, 0.15) is 47.6 Å². The van der Waals surface area contributed by atoms with Crippen LogP contribution in [0.15, 0.2) is 132 Å². The summed E-state index contributed by atoms with van der Waals surface area (Å²) in [5.41, 5.74) is 16.2. The highest BCUT2D eigenvalue weighted by atomic mass is 19.1. The van der Waals surface area contributed by atoms with Gasteiger partial charge in [-0.25, -0.2) is 38.4 Å². The fraction of sp³-hybridized carbons (Fsp3) is 0.130. The van der Waals surface area contributed by atoms with Crippen LogP contribution in [0, 0.1) is 24.8 Å². The van der Waals surface area contributed by atoms with Gasteiger partial charge >= 0.3 is 0 Å². The molecule has 2 aromatic carbocycles. The number of anilines is 4. The van der Waals surface area contributed by atoms with Crippen LogP contribution in [-0.4, -0.2) is 28.7 Å². The van der Waals surface area contributed by atoms with Crippen molar-refractivity contribution in [3.05, 3.63) is 188 Å². The minimum Gasteiger partial charge on any atom is -0.392 e. The standard InChI is InChI=1S/2C23H19FN6O/c2*1-3-18(29-22-20(26-2)21(25)27-13-28-22)17-11-16-10-9-15(24)12-30(16)23(31)19(17)14-7-5-4-6-8-14/h2*4-13,18H,3H2,1H3,(H3,25,27,28,29)/t2*18-/m10/s1. The van der Waals surface area contributed by atoms with E-state index in [2.05, 4.69) is 40.3 Å². The Morgan fingerprint density at radius 1 is 0.613 bits per heavy atom. The predicted octanol–water partition coefficient (Wildman–Crippen LogP) is 9.18. The molecule has 0 aliphatic rings. The normalized spacial score (nSPS) is 11.8. The first kappa shape index (κ1) is 41.7. The van der Waals surface area contributed by atoms with Crippen molar-refractivity contribution in [3.8, 4) is 22.3 Å². The lowest BCUT2D eigenvalue weighted by Crippen LogP contribution is -2.22. The van der Waals surface area contributed by atoms with E-state index in [1.807, 2.05) is 86.6 Å². The maximum Gasteiger partial charge on any atom is 0.268 e. The van der Waals surface area contributed by atoms with Crippen LogP contribution in [0.4, 0.5) is 43.4 Å². The van der Waals surface area contributed by atoms with Crippen LogP contribution >= 0.6 is 0 Å². The van der Waals surface area contributed by atoms with Gasteiger partial charge in [-0.2, -0.15) is 0 Å². The average Bonchev–Trinajstić information content (AvgIpc) is 3.28. The van der Waals surface area contributed by atoms with Crippen LogP contribution in [0.5, 0.6) is 0 Å². The maximum atomic E-state index is 13.9. The zero-order valence-corrected chi connectivity index (χ0v) is 33.4. The van der Waals surface area contributed by atoms with Gasteiger partial charge in [-0.15, -0.1) is 0 Å². The van der Waals surface area contributed by atoms with Crippen molar-refractivity contribution in [1.82, 2.24) is 28.7 Å². The van der Waals surface area contributed by atoms with Crippen molar-refractivity contribution < 1.29 is 8.78 Å². The third kappa shape index (κ3) is 8.34. The van der Waals surface area contributed by atoms with E-state index in [9.17, 15) is 18.4 Å². The lowest BCUT2D eigenvalue weighted by Gasteiger charge is -2.22. The molecule has 0 amide bonds. The van der Waals surface area contributed by atoms with Crippen molar-refractivity contribution in [1.29, 1.82) is 0 Å². The van der Waals surface area contributed by atoms with Crippen molar-refractivity contribution in [2.45, 2.75) is 38.8 Å². The van der Waals surface area contributed by atoms with E-state index < -0.39 is 11.6 Å². The second-order valence-electron chi connectivity index (χ2n) is 13.9. The summed E-state index contributed by atoms with van der Waals surface area (Å²) in [6.45, 7) is 18.7. The number of hydrogen-bond donors (Lipinski definition) is 4. The summed E-state index contributed by atoms with van der Waals surface area (Å²) >= 11 is 0. The summed E-state index contributed by atoms with van der Waals surface area (Å²) in [4.78, 5) is 49.8. The molecule has 8 rings (SSSR count). The molecule has 0 spiro atoms. The second-order valence-corrected chi connectivity index (χ2v) is 13.9. The summed E-state index contributed by atoms with van der Waals surface area (Å²) in [5, 5.41) is 6.50. The van der Waals surface area contributed by atoms with Crippen molar-refractivity contribution >= 4 is 45.7 Å². The molecule has 308 valence electrons. The Hall–Kier alpha value is -8.50. The SMILES string of the molecule is [C-]#[N+]c1c(N)ncnc1N[C@@H](CC)c1cc2ccc(F)cn2c(=O)c1-c1ccccc1.[C-]#[N+]c1c(N)ncnc1N[C@H](CC)c1cc2ccc(F)cn2c(=O)c1-c1ccccc1. The van der Waals surface area contributed by atoms with Crippen LogP contribution in [0.2, 0.25) is 0 Å². The van der Waals surface area contributed by atoms with Crippen LogP contribution in [0.1, 0.15) is 49.9 Å². The van der Waals surface area contributed by atoms with E-state index in [1.165, 1.54) is 46.0 Å². The average molecular weight is 829 g/mol. The first-order valence-electron chi connectivity index (χ1n) is 19.4. The monoisotopic (exact) mass is 828 g/mol. The quantitative estimate of drug-likeness (QED) is 0.0972. The Morgan fingerprint density at radius 3 is 1.35 bits per heavy atom. The van der Waals surface area contributed by atoms with E-state index in [0.717, 1.165) is 11.1 Å². The molecule has 0 saturated carbocycles. The molecule has 6 N–H and O–H groups in total. The minimum atomic E-state index is -0.496. The number of aromatic nitrogens is 6. The molecule has 14 nitrogen and oxygen atoms in total. The Morgan fingerprint density at radius 2 is 1.00 bits per heavy atom. The maximum absolute atomic E-state index is 13.9. The molecule has 0 bridgehead atoms. The molecule has 6 heterocycles. The lowest BCUT2D eigenvalue weighted by molar-refractivity contribution is 0.617. The van der Waals surface area contributed by atoms with Gasteiger partial charge in [-0.05, 0) is 71.5 Å². The van der Waals surface area contributed by atoms with E-state index in [0.29, 0.717) is 57.8 Å². The Kier molecular flexibility index (Phi) is 12.2. The van der Waals surface area contributed by atoms with Crippen LogP contribution in [-0.2, 0) is 0 Å². The van der Waals surface area contributed by atoms with Gasteiger partial charge in [0.25, 0.3) is 22.5 Å². The number of rotatable bonds is 10.